The van der Waals surface area contributed by atoms with Crippen LogP contribution in [-0.2, 0) is 22.9 Å². The summed E-state index contributed by atoms with van der Waals surface area (Å²) in [6.45, 7) is 4.24. The molecule has 182 valence electrons. The van der Waals surface area contributed by atoms with Gasteiger partial charge in [0.25, 0.3) is 0 Å². The predicted molar refractivity (Wildman–Crippen MR) is 122 cm³/mol. The Morgan fingerprint density at radius 2 is 1.68 bits per heavy atom. The van der Waals surface area contributed by atoms with Crippen LogP contribution in [0.4, 0.5) is 13.2 Å². The molecule has 2 heterocycles. The lowest BCUT2D eigenvalue weighted by molar-refractivity contribution is -0.137. The molecule has 1 aromatic carbocycles. The average Bonchev–Trinajstić information content (AvgIpc) is 3.37. The van der Waals surface area contributed by atoms with Crippen LogP contribution in [0.2, 0.25) is 0 Å². The molecule has 3 aliphatic carbocycles. The number of alkyl halides is 3. The molecule has 2 aromatic rings. The molecule has 4 aliphatic rings. The standard InChI is InChI=1S/C28H32F3NO2/c1-16(2)24-22-23(21-19(32-24)14-26(10-5-11-26)15-20(21)33)27(12-3-4-13-27)34-25(22)17-6-8-18(9-7-17)28(29,30)31/h6-9,16,20,25,33H,3-5,10-15H2,1-2H3/t20-,25?/m0/s1. The Hall–Kier alpha value is -1.92. The van der Waals surface area contributed by atoms with Crippen LogP contribution in [0.5, 0.6) is 0 Å². The predicted octanol–water partition coefficient (Wildman–Crippen LogP) is 7.26. The molecular weight excluding hydrogens is 439 g/mol. The molecule has 0 bridgehead atoms. The first-order valence-electron chi connectivity index (χ1n) is 12.7. The van der Waals surface area contributed by atoms with E-state index < -0.39 is 29.5 Å². The summed E-state index contributed by atoms with van der Waals surface area (Å²) in [5.41, 5.74) is 4.86. The van der Waals surface area contributed by atoms with Crippen molar-refractivity contribution in [3.8, 4) is 0 Å². The lowest BCUT2D eigenvalue weighted by Crippen LogP contribution is -2.39. The van der Waals surface area contributed by atoms with Crippen LogP contribution >= 0.6 is 0 Å². The van der Waals surface area contributed by atoms with E-state index in [4.69, 9.17) is 9.72 Å². The van der Waals surface area contributed by atoms with Gasteiger partial charge < -0.3 is 9.84 Å². The van der Waals surface area contributed by atoms with Crippen molar-refractivity contribution >= 4 is 0 Å². The molecule has 3 nitrogen and oxygen atoms in total. The maximum Gasteiger partial charge on any atom is 0.416 e. The van der Waals surface area contributed by atoms with Crippen molar-refractivity contribution in [3.05, 3.63) is 63.5 Å². The Morgan fingerprint density at radius 1 is 1.00 bits per heavy atom. The number of aliphatic hydroxyl groups is 1. The van der Waals surface area contributed by atoms with Crippen LogP contribution < -0.4 is 0 Å². The number of fused-ring (bicyclic) bond motifs is 4. The molecule has 1 aliphatic heterocycles. The zero-order chi connectivity index (χ0) is 23.9. The second-order valence-corrected chi connectivity index (χ2v) is 11.4. The summed E-state index contributed by atoms with van der Waals surface area (Å²) in [4.78, 5) is 5.18. The number of ether oxygens (including phenoxy) is 1. The maximum absolute atomic E-state index is 13.2. The van der Waals surface area contributed by atoms with Gasteiger partial charge in [-0.25, -0.2) is 0 Å². The number of pyridine rings is 1. The SMILES string of the molecule is CC(C)c1nc2c(c3c1C(c1ccc(C(F)(F)F)cc1)OC31CCCC1)[C@@H](O)CC1(CCC1)C2. The lowest BCUT2D eigenvalue weighted by Gasteiger charge is -2.47. The van der Waals surface area contributed by atoms with Crippen LogP contribution in [0.25, 0.3) is 0 Å². The number of hydrogen-bond acceptors (Lipinski definition) is 3. The van der Waals surface area contributed by atoms with E-state index >= 15 is 0 Å². The van der Waals surface area contributed by atoms with Crippen molar-refractivity contribution < 1.29 is 23.0 Å². The molecule has 2 spiro atoms. The molecule has 1 N–H and O–H groups in total. The first kappa shape index (κ1) is 22.5. The molecule has 2 atom stereocenters. The van der Waals surface area contributed by atoms with Crippen LogP contribution in [0.15, 0.2) is 24.3 Å². The normalized spacial score (nSPS) is 26.7. The van der Waals surface area contributed by atoms with Crippen LogP contribution in [0.3, 0.4) is 0 Å². The minimum Gasteiger partial charge on any atom is -0.388 e. The summed E-state index contributed by atoms with van der Waals surface area (Å²) in [6, 6.07) is 5.39. The fourth-order valence-corrected chi connectivity index (χ4v) is 7.11. The third-order valence-electron chi connectivity index (χ3n) is 8.86. The van der Waals surface area contributed by atoms with Gasteiger partial charge in [-0.2, -0.15) is 13.2 Å². The smallest absolute Gasteiger partial charge is 0.388 e. The van der Waals surface area contributed by atoms with Gasteiger partial charge in [-0.1, -0.05) is 45.2 Å². The van der Waals surface area contributed by atoms with E-state index in [9.17, 15) is 18.3 Å². The molecule has 1 unspecified atom stereocenters. The third kappa shape index (κ3) is 3.28. The largest absolute Gasteiger partial charge is 0.416 e. The van der Waals surface area contributed by atoms with Gasteiger partial charge in [0.05, 0.1) is 17.3 Å². The van der Waals surface area contributed by atoms with Crippen molar-refractivity contribution in [1.29, 1.82) is 0 Å². The molecule has 1 aromatic heterocycles. The molecule has 2 saturated carbocycles. The Bertz CT molecular complexity index is 1110. The number of halogens is 3. The van der Waals surface area contributed by atoms with Gasteiger partial charge in [-0.15, -0.1) is 0 Å². The summed E-state index contributed by atoms with van der Waals surface area (Å²) in [5.74, 6) is 0.146. The van der Waals surface area contributed by atoms with Crippen LogP contribution in [0, 0.1) is 5.41 Å². The quantitative estimate of drug-likeness (QED) is 0.501. The van der Waals surface area contributed by atoms with E-state index in [0.29, 0.717) is 0 Å². The first-order valence-corrected chi connectivity index (χ1v) is 12.7. The van der Waals surface area contributed by atoms with Gasteiger partial charge in [0.2, 0.25) is 0 Å². The Morgan fingerprint density at radius 3 is 2.24 bits per heavy atom. The van der Waals surface area contributed by atoms with Crippen molar-refractivity contribution in [2.75, 3.05) is 0 Å². The summed E-state index contributed by atoms with van der Waals surface area (Å²) >= 11 is 0. The van der Waals surface area contributed by atoms with E-state index in [1.807, 2.05) is 0 Å². The van der Waals surface area contributed by atoms with Crippen molar-refractivity contribution in [1.82, 2.24) is 4.98 Å². The number of hydrogen-bond donors (Lipinski definition) is 1. The minimum absolute atomic E-state index is 0.146. The van der Waals surface area contributed by atoms with Gasteiger partial charge in [0.15, 0.2) is 0 Å². The molecular formula is C28H32F3NO2. The van der Waals surface area contributed by atoms with Crippen LogP contribution in [-0.4, -0.2) is 10.1 Å². The Balaban J connectivity index is 1.54. The second kappa shape index (κ2) is 7.54. The molecule has 6 heteroatoms. The van der Waals surface area contributed by atoms with Crippen molar-refractivity contribution in [2.45, 2.75) is 102 Å². The van der Waals surface area contributed by atoms with E-state index in [1.165, 1.54) is 6.42 Å². The van der Waals surface area contributed by atoms with Crippen molar-refractivity contribution in [3.63, 3.8) is 0 Å². The molecule has 0 radical (unpaired) electrons. The number of benzene rings is 1. The first-order chi connectivity index (χ1) is 16.1. The summed E-state index contributed by atoms with van der Waals surface area (Å²) in [7, 11) is 0. The van der Waals surface area contributed by atoms with Gasteiger partial charge in [0, 0.05) is 22.5 Å². The average molecular weight is 472 g/mol. The van der Waals surface area contributed by atoms with E-state index in [1.54, 1.807) is 12.1 Å². The highest BCUT2D eigenvalue weighted by molar-refractivity contribution is 5.54. The number of aromatic nitrogens is 1. The van der Waals surface area contributed by atoms with Gasteiger partial charge in [-0.3, -0.25) is 4.98 Å². The van der Waals surface area contributed by atoms with E-state index in [0.717, 1.165) is 97.1 Å². The Kier molecular flexibility index (Phi) is 5.00. The highest BCUT2D eigenvalue weighted by Gasteiger charge is 2.54. The van der Waals surface area contributed by atoms with Crippen molar-refractivity contribution in [2.24, 2.45) is 5.41 Å². The molecule has 6 rings (SSSR count). The summed E-state index contributed by atoms with van der Waals surface area (Å²) in [6.07, 6.45) is 3.66. The third-order valence-corrected chi connectivity index (χ3v) is 8.86. The molecule has 2 fully saturated rings. The lowest BCUT2D eigenvalue weighted by atomic mass is 9.59. The number of aliphatic hydroxyl groups excluding tert-OH is 1. The molecule has 0 amide bonds. The topological polar surface area (TPSA) is 42.4 Å². The summed E-state index contributed by atoms with van der Waals surface area (Å²) < 4.78 is 46.5. The Labute approximate surface area is 198 Å². The number of nitrogens with zero attached hydrogens (tertiary/aromatic N) is 1. The summed E-state index contributed by atoms with van der Waals surface area (Å²) in [5, 5.41) is 11.5. The number of rotatable bonds is 2. The van der Waals surface area contributed by atoms with Crippen LogP contribution in [0.1, 0.15) is 123 Å². The molecule has 0 saturated heterocycles. The second-order valence-electron chi connectivity index (χ2n) is 11.4. The van der Waals surface area contributed by atoms with Gasteiger partial charge in [0.1, 0.15) is 6.10 Å². The van der Waals surface area contributed by atoms with Gasteiger partial charge >= 0.3 is 6.18 Å². The van der Waals surface area contributed by atoms with E-state index in [2.05, 4.69) is 13.8 Å². The maximum atomic E-state index is 13.2. The highest BCUT2D eigenvalue weighted by atomic mass is 19.4. The zero-order valence-corrected chi connectivity index (χ0v) is 19.8. The fourth-order valence-electron chi connectivity index (χ4n) is 7.11. The minimum atomic E-state index is -4.37. The fraction of sp³-hybridized carbons (Fsp3) is 0.607. The monoisotopic (exact) mass is 471 g/mol. The van der Waals surface area contributed by atoms with Gasteiger partial charge in [-0.05, 0) is 73.1 Å². The highest BCUT2D eigenvalue weighted by Crippen LogP contribution is 2.61. The van der Waals surface area contributed by atoms with E-state index in [-0.39, 0.29) is 11.3 Å². The zero-order valence-electron chi connectivity index (χ0n) is 19.8. The molecule has 34 heavy (non-hydrogen) atoms.